The quantitative estimate of drug-likeness (QED) is 0.887. The molecule has 0 amide bonds. The van der Waals surface area contributed by atoms with Crippen molar-refractivity contribution in [1.29, 1.82) is 0 Å². The summed E-state index contributed by atoms with van der Waals surface area (Å²) in [7, 11) is 0. The van der Waals surface area contributed by atoms with Gasteiger partial charge in [0.1, 0.15) is 5.75 Å². The molecule has 0 bridgehead atoms. The van der Waals surface area contributed by atoms with Crippen LogP contribution >= 0.6 is 0 Å². The van der Waals surface area contributed by atoms with E-state index in [2.05, 4.69) is 12.1 Å². The molecule has 0 aromatic heterocycles. The molecular formula is C14H19NO3. The summed E-state index contributed by atoms with van der Waals surface area (Å²) in [6, 6.07) is 6.12. The van der Waals surface area contributed by atoms with Gasteiger partial charge in [-0.1, -0.05) is 18.2 Å². The average molecular weight is 249 g/mol. The van der Waals surface area contributed by atoms with Gasteiger partial charge in [-0.2, -0.15) is 0 Å². The number of hydrogen-bond acceptors (Lipinski definition) is 4. The lowest BCUT2D eigenvalue weighted by Gasteiger charge is -2.24. The smallest absolute Gasteiger partial charge is 0.159 e. The molecule has 1 saturated heterocycles. The number of ether oxygens (including phenoxy) is 3. The van der Waals surface area contributed by atoms with Crippen molar-refractivity contribution in [2.45, 2.75) is 31.6 Å². The molecule has 1 unspecified atom stereocenters. The average Bonchev–Trinajstić information content (AvgIpc) is 2.91. The molecule has 1 fully saturated rings. The lowest BCUT2D eigenvalue weighted by atomic mass is 9.97. The van der Waals surface area contributed by atoms with Gasteiger partial charge in [0.2, 0.25) is 0 Å². The van der Waals surface area contributed by atoms with Gasteiger partial charge in [0.25, 0.3) is 0 Å². The van der Waals surface area contributed by atoms with Crippen molar-refractivity contribution in [1.82, 2.24) is 0 Å². The van der Waals surface area contributed by atoms with Crippen LogP contribution in [0, 0.1) is 0 Å². The normalized spacial score (nSPS) is 21.4. The Morgan fingerprint density at radius 3 is 2.89 bits per heavy atom. The Hall–Kier alpha value is -1.10. The van der Waals surface area contributed by atoms with Crippen LogP contribution in [0.25, 0.3) is 0 Å². The van der Waals surface area contributed by atoms with Gasteiger partial charge in [-0.3, -0.25) is 0 Å². The van der Waals surface area contributed by atoms with Crippen LogP contribution in [0.5, 0.6) is 5.75 Å². The van der Waals surface area contributed by atoms with Crippen LogP contribution < -0.4 is 10.5 Å². The molecule has 2 aliphatic rings. The molecule has 0 saturated carbocycles. The van der Waals surface area contributed by atoms with E-state index in [1.165, 1.54) is 5.56 Å². The van der Waals surface area contributed by atoms with E-state index in [0.717, 1.165) is 30.8 Å². The van der Waals surface area contributed by atoms with Crippen LogP contribution in [0.4, 0.5) is 0 Å². The lowest BCUT2D eigenvalue weighted by Crippen LogP contribution is -2.21. The fourth-order valence-electron chi connectivity index (χ4n) is 2.58. The maximum absolute atomic E-state index is 6.26. The van der Waals surface area contributed by atoms with Gasteiger partial charge in [0.15, 0.2) is 6.29 Å². The van der Waals surface area contributed by atoms with Crippen LogP contribution in [0.1, 0.15) is 30.0 Å². The number of nitrogens with two attached hydrogens (primary N) is 1. The van der Waals surface area contributed by atoms with Crippen LogP contribution in [0.3, 0.4) is 0 Å². The SMILES string of the molecule is NC(CC1OCCO1)c1cccc2c1OCCC2. The monoisotopic (exact) mass is 249 g/mol. The van der Waals surface area contributed by atoms with Crippen molar-refractivity contribution in [2.75, 3.05) is 19.8 Å². The molecule has 4 nitrogen and oxygen atoms in total. The number of aryl methyl sites for hydroxylation is 1. The highest BCUT2D eigenvalue weighted by atomic mass is 16.7. The van der Waals surface area contributed by atoms with Gasteiger partial charge in [-0.25, -0.2) is 0 Å². The third kappa shape index (κ3) is 2.36. The first-order valence-corrected chi connectivity index (χ1v) is 6.58. The van der Waals surface area contributed by atoms with E-state index in [9.17, 15) is 0 Å². The van der Waals surface area contributed by atoms with E-state index in [0.29, 0.717) is 19.6 Å². The van der Waals surface area contributed by atoms with Crippen molar-refractivity contribution in [3.05, 3.63) is 29.3 Å². The fourth-order valence-corrected chi connectivity index (χ4v) is 2.58. The summed E-state index contributed by atoms with van der Waals surface area (Å²) < 4.78 is 16.7. The highest BCUT2D eigenvalue weighted by Gasteiger charge is 2.24. The second-order valence-corrected chi connectivity index (χ2v) is 4.80. The first-order valence-electron chi connectivity index (χ1n) is 6.58. The van der Waals surface area contributed by atoms with E-state index in [1.54, 1.807) is 0 Å². The van der Waals surface area contributed by atoms with Crippen molar-refractivity contribution in [2.24, 2.45) is 5.73 Å². The number of hydrogen-bond donors (Lipinski definition) is 1. The molecule has 4 heteroatoms. The van der Waals surface area contributed by atoms with Gasteiger partial charge in [0.05, 0.1) is 19.8 Å². The zero-order valence-corrected chi connectivity index (χ0v) is 10.4. The summed E-state index contributed by atoms with van der Waals surface area (Å²) in [5.74, 6) is 0.981. The van der Waals surface area contributed by atoms with Gasteiger partial charge < -0.3 is 19.9 Å². The van der Waals surface area contributed by atoms with Crippen molar-refractivity contribution < 1.29 is 14.2 Å². The Balaban J connectivity index is 1.78. The van der Waals surface area contributed by atoms with E-state index in [-0.39, 0.29) is 12.3 Å². The first kappa shape index (κ1) is 12.0. The molecule has 1 aromatic rings. The molecule has 2 aliphatic heterocycles. The summed E-state index contributed by atoms with van der Waals surface area (Å²) in [4.78, 5) is 0. The minimum atomic E-state index is -0.167. The summed E-state index contributed by atoms with van der Waals surface area (Å²) in [5.41, 5.74) is 8.60. The fraction of sp³-hybridized carbons (Fsp3) is 0.571. The van der Waals surface area contributed by atoms with Crippen LogP contribution in [0.2, 0.25) is 0 Å². The summed E-state index contributed by atoms with van der Waals surface area (Å²) >= 11 is 0. The number of fused-ring (bicyclic) bond motifs is 1. The van der Waals surface area contributed by atoms with Gasteiger partial charge >= 0.3 is 0 Å². The minimum absolute atomic E-state index is 0.0962. The Bertz CT molecular complexity index is 416. The van der Waals surface area contributed by atoms with E-state index in [1.807, 2.05) is 6.07 Å². The Kier molecular flexibility index (Phi) is 3.50. The number of benzene rings is 1. The number of para-hydroxylation sites is 1. The Morgan fingerprint density at radius 1 is 1.22 bits per heavy atom. The molecular weight excluding hydrogens is 230 g/mol. The maximum atomic E-state index is 6.26. The summed E-state index contributed by atoms with van der Waals surface area (Å²) in [6.45, 7) is 2.12. The summed E-state index contributed by atoms with van der Waals surface area (Å²) in [5, 5.41) is 0. The predicted octanol–water partition coefficient (Wildman–Crippen LogP) is 1.77. The van der Waals surface area contributed by atoms with E-state index in [4.69, 9.17) is 19.9 Å². The summed E-state index contributed by atoms with van der Waals surface area (Å²) in [6.07, 6.45) is 2.67. The molecule has 2 N–H and O–H groups in total. The van der Waals surface area contributed by atoms with Gasteiger partial charge in [0, 0.05) is 18.0 Å². The molecule has 3 rings (SSSR count). The van der Waals surface area contributed by atoms with Crippen LogP contribution in [-0.4, -0.2) is 26.1 Å². The lowest BCUT2D eigenvalue weighted by molar-refractivity contribution is -0.0508. The second-order valence-electron chi connectivity index (χ2n) is 4.80. The van der Waals surface area contributed by atoms with Crippen molar-refractivity contribution >= 4 is 0 Å². The molecule has 2 heterocycles. The Labute approximate surface area is 107 Å². The highest BCUT2D eigenvalue weighted by molar-refractivity contribution is 5.44. The van der Waals surface area contributed by atoms with E-state index < -0.39 is 0 Å². The minimum Gasteiger partial charge on any atom is -0.493 e. The molecule has 1 atom stereocenters. The Morgan fingerprint density at radius 2 is 2.06 bits per heavy atom. The largest absolute Gasteiger partial charge is 0.493 e. The molecule has 0 spiro atoms. The highest BCUT2D eigenvalue weighted by Crippen LogP contribution is 2.34. The standard InChI is InChI=1S/C14H19NO3/c15-12(9-13-16-7-8-17-13)11-5-1-3-10-4-2-6-18-14(10)11/h1,3,5,12-13H,2,4,6-9,15H2. The molecule has 18 heavy (non-hydrogen) atoms. The van der Waals surface area contributed by atoms with Gasteiger partial charge in [-0.15, -0.1) is 0 Å². The number of rotatable bonds is 3. The third-order valence-corrected chi connectivity index (χ3v) is 3.50. The topological polar surface area (TPSA) is 53.7 Å². The zero-order valence-electron chi connectivity index (χ0n) is 10.4. The molecule has 98 valence electrons. The van der Waals surface area contributed by atoms with Crippen molar-refractivity contribution in [3.8, 4) is 5.75 Å². The van der Waals surface area contributed by atoms with Crippen LogP contribution in [-0.2, 0) is 15.9 Å². The third-order valence-electron chi connectivity index (χ3n) is 3.50. The maximum Gasteiger partial charge on any atom is 0.159 e. The molecule has 0 radical (unpaired) electrons. The molecule has 1 aromatic carbocycles. The van der Waals surface area contributed by atoms with E-state index >= 15 is 0 Å². The molecule has 0 aliphatic carbocycles. The first-order chi connectivity index (χ1) is 8.84. The van der Waals surface area contributed by atoms with Gasteiger partial charge in [-0.05, 0) is 18.4 Å². The van der Waals surface area contributed by atoms with Crippen molar-refractivity contribution in [3.63, 3.8) is 0 Å². The predicted molar refractivity (Wildman–Crippen MR) is 67.5 cm³/mol. The zero-order chi connectivity index (χ0) is 12.4. The second kappa shape index (κ2) is 5.26. The van der Waals surface area contributed by atoms with Crippen LogP contribution in [0.15, 0.2) is 18.2 Å².